The molecule has 4 fully saturated rings. The van der Waals surface area contributed by atoms with Crippen molar-refractivity contribution in [1.29, 1.82) is 0 Å². The molecule has 4 aliphatic heterocycles. The molecule has 0 aliphatic carbocycles. The zero-order valence-corrected chi connectivity index (χ0v) is 19.3. The summed E-state index contributed by atoms with van der Waals surface area (Å²) in [6, 6.07) is 7.00. The summed E-state index contributed by atoms with van der Waals surface area (Å²) in [4.78, 5) is 7.01. The van der Waals surface area contributed by atoms with Gasteiger partial charge in [-0.1, -0.05) is 12.1 Å². The second kappa shape index (κ2) is 8.67. The third-order valence-electron chi connectivity index (χ3n) is 7.46. The monoisotopic (exact) mass is 515 g/mol. The van der Waals surface area contributed by atoms with Crippen LogP contribution in [0.4, 0.5) is 4.39 Å². The molecule has 5 rings (SSSR count). The number of likely N-dealkylation sites (tertiary alicyclic amines) is 1. The van der Waals surface area contributed by atoms with Crippen molar-refractivity contribution in [1.82, 2.24) is 10.2 Å². The number of fused-ring (bicyclic) bond motifs is 5. The van der Waals surface area contributed by atoms with Gasteiger partial charge in [-0.25, -0.2) is 4.39 Å². The van der Waals surface area contributed by atoms with Crippen molar-refractivity contribution in [3.05, 3.63) is 35.6 Å². The lowest BCUT2D eigenvalue weighted by molar-refractivity contribution is 0.0510. The second-order valence-corrected chi connectivity index (χ2v) is 8.82. The molecule has 0 amide bonds. The summed E-state index contributed by atoms with van der Waals surface area (Å²) in [5.74, 6) is 2.12. The summed E-state index contributed by atoms with van der Waals surface area (Å²) in [7, 11) is 1.87. The van der Waals surface area contributed by atoms with Crippen molar-refractivity contribution in [3.63, 3.8) is 0 Å². The molecule has 4 saturated heterocycles. The molecule has 0 spiro atoms. The maximum Gasteiger partial charge on any atom is 0.193 e. The van der Waals surface area contributed by atoms with E-state index in [1.165, 1.54) is 18.4 Å². The third-order valence-corrected chi connectivity index (χ3v) is 7.46. The van der Waals surface area contributed by atoms with Gasteiger partial charge in [0.25, 0.3) is 0 Å². The molecule has 0 saturated carbocycles. The molecule has 29 heavy (non-hydrogen) atoms. The van der Waals surface area contributed by atoms with Crippen molar-refractivity contribution in [2.75, 3.05) is 39.9 Å². The number of nitrogens with zero attached hydrogens (tertiary/aromatic N) is 2. The Morgan fingerprint density at radius 3 is 2.34 bits per heavy atom. The van der Waals surface area contributed by atoms with Gasteiger partial charge in [0, 0.05) is 57.1 Å². The van der Waals surface area contributed by atoms with Crippen LogP contribution in [0.15, 0.2) is 29.3 Å². The van der Waals surface area contributed by atoms with Crippen LogP contribution in [0.25, 0.3) is 0 Å². The molecule has 1 N–H and O–H groups in total. The molecule has 1 aromatic carbocycles. The number of aliphatic imine (C=N–C) groups is 1. The van der Waals surface area contributed by atoms with E-state index in [9.17, 15) is 4.39 Å². The van der Waals surface area contributed by atoms with E-state index in [4.69, 9.17) is 9.47 Å². The van der Waals surface area contributed by atoms with Crippen molar-refractivity contribution in [2.45, 2.75) is 43.3 Å². The van der Waals surface area contributed by atoms with Gasteiger partial charge >= 0.3 is 0 Å². The van der Waals surface area contributed by atoms with E-state index in [2.05, 4.69) is 15.2 Å². The fourth-order valence-electron chi connectivity index (χ4n) is 5.85. The Kier molecular flexibility index (Phi) is 6.37. The number of guanidine groups is 1. The van der Waals surface area contributed by atoms with E-state index in [-0.39, 0.29) is 35.2 Å². The largest absolute Gasteiger partial charge is 0.381 e. The zero-order chi connectivity index (χ0) is 19.1. The minimum Gasteiger partial charge on any atom is -0.381 e. The van der Waals surface area contributed by atoms with E-state index >= 15 is 0 Å². The molecule has 4 aliphatic rings. The maximum atomic E-state index is 13.5. The molecule has 1 aromatic rings. The quantitative estimate of drug-likeness (QED) is 0.382. The Bertz CT molecular complexity index is 720. The summed E-state index contributed by atoms with van der Waals surface area (Å²) in [6.45, 7) is 4.36. The highest BCUT2D eigenvalue weighted by molar-refractivity contribution is 14.0. The highest BCUT2D eigenvalue weighted by Crippen LogP contribution is 2.47. The van der Waals surface area contributed by atoms with E-state index in [0.29, 0.717) is 24.0 Å². The Balaban J connectivity index is 0.00000205. The Labute approximate surface area is 189 Å². The van der Waals surface area contributed by atoms with E-state index in [1.54, 1.807) is 12.1 Å². The smallest absolute Gasteiger partial charge is 0.193 e. The van der Waals surface area contributed by atoms with Crippen molar-refractivity contribution >= 4 is 29.9 Å². The first kappa shape index (κ1) is 21.3. The topological polar surface area (TPSA) is 46.1 Å². The lowest BCUT2D eigenvalue weighted by Crippen LogP contribution is -2.49. The van der Waals surface area contributed by atoms with E-state index in [1.807, 2.05) is 19.2 Å². The van der Waals surface area contributed by atoms with Gasteiger partial charge in [0.2, 0.25) is 0 Å². The van der Waals surface area contributed by atoms with Crippen LogP contribution in [-0.2, 0) is 14.9 Å². The highest BCUT2D eigenvalue weighted by Gasteiger charge is 2.53. The summed E-state index contributed by atoms with van der Waals surface area (Å²) >= 11 is 0. The fraction of sp³-hybridized carbons (Fsp3) is 0.682. The normalized spacial score (nSPS) is 32.8. The fourth-order valence-corrected chi connectivity index (χ4v) is 5.85. The van der Waals surface area contributed by atoms with Crippen molar-refractivity contribution in [3.8, 4) is 0 Å². The number of nitrogens with one attached hydrogen (secondary N) is 1. The minimum atomic E-state index is -0.185. The predicted octanol–water partition coefficient (Wildman–Crippen LogP) is 3.18. The molecular formula is C22H31FIN3O2. The van der Waals surface area contributed by atoms with Gasteiger partial charge in [-0.3, -0.25) is 4.99 Å². The average molecular weight is 515 g/mol. The van der Waals surface area contributed by atoms with Crippen LogP contribution in [-0.4, -0.2) is 63.0 Å². The molecule has 0 aromatic heterocycles. The molecule has 4 atom stereocenters. The lowest BCUT2D eigenvalue weighted by atomic mass is 9.74. The van der Waals surface area contributed by atoms with Gasteiger partial charge in [0.1, 0.15) is 5.82 Å². The van der Waals surface area contributed by atoms with Gasteiger partial charge in [-0.05, 0) is 43.4 Å². The third kappa shape index (κ3) is 3.90. The zero-order valence-electron chi connectivity index (χ0n) is 17.0. The van der Waals surface area contributed by atoms with Crippen molar-refractivity contribution in [2.24, 2.45) is 16.8 Å². The number of hydrogen-bond acceptors (Lipinski definition) is 3. The predicted molar refractivity (Wildman–Crippen MR) is 121 cm³/mol. The summed E-state index contributed by atoms with van der Waals surface area (Å²) in [6.07, 6.45) is 5.23. The minimum absolute atomic E-state index is 0. The van der Waals surface area contributed by atoms with Crippen LogP contribution in [0.3, 0.4) is 0 Å². The number of ether oxygens (including phenoxy) is 2. The summed E-state index contributed by atoms with van der Waals surface area (Å²) in [5, 5.41) is 3.66. The van der Waals surface area contributed by atoms with Crippen LogP contribution >= 0.6 is 24.0 Å². The molecule has 160 valence electrons. The second-order valence-electron chi connectivity index (χ2n) is 8.82. The molecule has 2 bridgehead atoms. The number of halogens is 2. The highest BCUT2D eigenvalue weighted by atomic mass is 127. The van der Waals surface area contributed by atoms with Crippen LogP contribution in [0.5, 0.6) is 0 Å². The molecule has 4 heterocycles. The average Bonchev–Trinajstić information content (AvgIpc) is 3.43. The molecule has 4 unspecified atom stereocenters. The first-order valence-electron chi connectivity index (χ1n) is 10.6. The number of rotatable bonds is 3. The molecule has 5 nitrogen and oxygen atoms in total. The van der Waals surface area contributed by atoms with Crippen LogP contribution in [0.1, 0.15) is 31.2 Å². The first-order chi connectivity index (χ1) is 13.7. The SMILES string of the molecule is CN=C(NCC1(c2ccc(F)cc2)CCOCC1)N1CC2C3CCC(O3)C2C1.I. The Morgan fingerprint density at radius 2 is 1.76 bits per heavy atom. The standard InChI is InChI=1S/C22H30FN3O2.HI/c1-24-21(26-12-17-18(13-26)20-7-6-19(17)28-20)25-14-22(8-10-27-11-9-22)15-2-4-16(23)5-3-15;/h2-5,17-20H,6-14H2,1H3,(H,24,25);1H. The van der Waals surface area contributed by atoms with E-state index in [0.717, 1.165) is 51.6 Å². The first-order valence-corrected chi connectivity index (χ1v) is 10.6. The maximum absolute atomic E-state index is 13.5. The molecular weight excluding hydrogens is 484 g/mol. The van der Waals surface area contributed by atoms with Gasteiger partial charge in [0.15, 0.2) is 5.96 Å². The van der Waals surface area contributed by atoms with Crippen LogP contribution in [0, 0.1) is 17.7 Å². The Morgan fingerprint density at radius 1 is 1.14 bits per heavy atom. The summed E-state index contributed by atoms with van der Waals surface area (Å²) < 4.78 is 25.2. The number of benzene rings is 1. The Hall–Kier alpha value is -0.930. The van der Waals surface area contributed by atoms with Crippen LogP contribution < -0.4 is 5.32 Å². The van der Waals surface area contributed by atoms with Gasteiger partial charge in [-0.15, -0.1) is 24.0 Å². The van der Waals surface area contributed by atoms with Gasteiger partial charge < -0.3 is 19.7 Å². The van der Waals surface area contributed by atoms with Crippen LogP contribution in [0.2, 0.25) is 0 Å². The number of hydrogen-bond donors (Lipinski definition) is 1. The molecule has 0 radical (unpaired) electrons. The van der Waals surface area contributed by atoms with E-state index < -0.39 is 0 Å². The lowest BCUT2D eigenvalue weighted by Gasteiger charge is -2.39. The summed E-state index contributed by atoms with van der Waals surface area (Å²) in [5.41, 5.74) is 1.14. The van der Waals surface area contributed by atoms with Gasteiger partial charge in [0.05, 0.1) is 12.2 Å². The van der Waals surface area contributed by atoms with Crippen molar-refractivity contribution < 1.29 is 13.9 Å². The molecule has 7 heteroatoms. The van der Waals surface area contributed by atoms with Gasteiger partial charge in [-0.2, -0.15) is 0 Å².